The zero-order valence-corrected chi connectivity index (χ0v) is 49.5. The third-order valence-electron chi connectivity index (χ3n) is 12.0. The molecule has 0 spiro atoms. The van der Waals surface area contributed by atoms with Crippen LogP contribution in [0.15, 0.2) is 67.0 Å². The van der Waals surface area contributed by atoms with Crippen LogP contribution in [-0.4, -0.2) is 114 Å². The van der Waals surface area contributed by atoms with Crippen LogP contribution in [0.25, 0.3) is 0 Å². The van der Waals surface area contributed by atoms with Crippen molar-refractivity contribution in [1.29, 1.82) is 5.41 Å². The summed E-state index contributed by atoms with van der Waals surface area (Å²) in [6.07, 6.45) is 13.1. The molecule has 0 saturated carbocycles. The van der Waals surface area contributed by atoms with Crippen LogP contribution < -0.4 is 20.3 Å². The van der Waals surface area contributed by atoms with Gasteiger partial charge in [-0.25, -0.2) is 15.0 Å². The Morgan fingerprint density at radius 3 is 2.01 bits per heavy atom. The highest BCUT2D eigenvalue weighted by Crippen LogP contribution is 2.29. The fourth-order valence-electron chi connectivity index (χ4n) is 7.69. The molecule has 0 radical (unpaired) electrons. The van der Waals surface area contributed by atoms with E-state index in [4.69, 9.17) is 25.0 Å². The molecule has 14 nitrogen and oxygen atoms in total. The van der Waals surface area contributed by atoms with Crippen molar-refractivity contribution >= 4 is 47.8 Å². The van der Waals surface area contributed by atoms with E-state index in [1.54, 1.807) is 13.8 Å². The maximum atomic E-state index is 11.1. The summed E-state index contributed by atoms with van der Waals surface area (Å²) in [5.41, 5.74) is 13.5. The summed E-state index contributed by atoms with van der Waals surface area (Å²) >= 11 is 0. The standard InChI is InChI=1S/C22H34N4.C15H22N2O.C9H12N2O.C8H14O.C2H5N.2C2H6.CH2O2/c1-5-9-19-16-23-22(25-21(19)8-4)24-20-12-10-18(11-13-20)17-26(14-6-2)15-7-3;1-12-5-4-6-15(14(12)3)17-9-7-16(8-10-17)11-13(2)18;1-6-5-11-9-8(7(6)2)10-3-4-12-9;1-7(2)8(3)5-4-6-9;1-2-3;2*1-2;2-1-3/h10-13,16H,5-9,14-15,17H2,1-4H3,(H,23,24,25);4-6H,7-11H2,1-3H3;5,10H,3-4H2,1-2H3;6,8H,1,4-5H2,2-3H3;2-3H,1H3;2*1-2H3;1H,(H,2,3). The normalized spacial score (nSPS) is 12.3. The number of carbonyl (C=O) groups excluding carboxylic acids is 2. The van der Waals surface area contributed by atoms with Gasteiger partial charge in [-0.2, -0.15) is 0 Å². The summed E-state index contributed by atoms with van der Waals surface area (Å²) in [6.45, 7) is 45.8. The number of benzene rings is 2. The first-order valence-corrected chi connectivity index (χ1v) is 27.5. The molecular weight excluding hydrogens is 939 g/mol. The second kappa shape index (κ2) is 44.3. The molecule has 2 aliphatic rings. The number of nitrogens with one attached hydrogen (secondary N) is 3. The number of piperazine rings is 1. The first kappa shape index (κ1) is 71.1. The van der Waals surface area contributed by atoms with Crippen LogP contribution in [0.2, 0.25) is 0 Å². The lowest BCUT2D eigenvalue weighted by Crippen LogP contribution is -2.47. The smallest absolute Gasteiger partial charge is 0.290 e. The molecule has 0 bridgehead atoms. The number of ketones is 1. The number of carboxylic acid groups (broad SMARTS) is 1. The zero-order valence-electron chi connectivity index (χ0n) is 49.5. The summed E-state index contributed by atoms with van der Waals surface area (Å²) in [6, 6.07) is 15.1. The van der Waals surface area contributed by atoms with Crippen molar-refractivity contribution in [1.82, 2.24) is 24.8 Å². The third kappa shape index (κ3) is 29.6. The van der Waals surface area contributed by atoms with Crippen LogP contribution in [0.5, 0.6) is 5.88 Å². The van der Waals surface area contributed by atoms with E-state index in [1.165, 1.54) is 58.1 Å². The molecule has 0 aliphatic carbocycles. The molecule has 2 aromatic carbocycles. The van der Waals surface area contributed by atoms with E-state index in [0.717, 1.165) is 113 Å². The molecule has 14 heteroatoms. The summed E-state index contributed by atoms with van der Waals surface area (Å²) in [5.74, 6) is 2.18. The van der Waals surface area contributed by atoms with Crippen LogP contribution in [0.3, 0.4) is 0 Å². The Morgan fingerprint density at radius 2 is 1.49 bits per heavy atom. The van der Waals surface area contributed by atoms with Crippen molar-refractivity contribution in [2.45, 2.75) is 162 Å². The van der Waals surface area contributed by atoms with Crippen LogP contribution in [-0.2, 0) is 33.8 Å². The van der Waals surface area contributed by atoms with Crippen LogP contribution in [0.4, 0.5) is 23.0 Å². The van der Waals surface area contributed by atoms with E-state index >= 15 is 0 Å². The van der Waals surface area contributed by atoms with Gasteiger partial charge in [-0.15, -0.1) is 0 Å². The highest BCUT2D eigenvalue weighted by atomic mass is 16.5. The molecule has 1 fully saturated rings. The quantitative estimate of drug-likeness (QED) is 0.0421. The molecule has 1 saturated heterocycles. The maximum absolute atomic E-state index is 11.1. The minimum absolute atomic E-state index is 0.250. The lowest BCUT2D eigenvalue weighted by atomic mass is 9.99. The van der Waals surface area contributed by atoms with E-state index in [0.29, 0.717) is 31.4 Å². The average molecular weight is 1040 g/mol. The monoisotopic (exact) mass is 1040 g/mol. The number of aldehydes is 1. The molecule has 2 aliphatic heterocycles. The molecule has 1 unspecified atom stereocenters. The van der Waals surface area contributed by atoms with Crippen molar-refractivity contribution in [3.05, 3.63) is 106 Å². The Hall–Kier alpha value is -5.99. The molecule has 2 aromatic heterocycles. The average Bonchev–Trinajstić information content (AvgIpc) is 3.41. The summed E-state index contributed by atoms with van der Waals surface area (Å²) in [5, 5.41) is 19.6. The van der Waals surface area contributed by atoms with E-state index in [2.05, 4.69) is 147 Å². The van der Waals surface area contributed by atoms with Gasteiger partial charge in [-0.1, -0.05) is 105 Å². The second-order valence-corrected chi connectivity index (χ2v) is 18.0. The van der Waals surface area contributed by atoms with Gasteiger partial charge in [-0.05, 0) is 157 Å². The molecule has 4 aromatic rings. The SMILES string of the molecule is C=C(C)C(C)CCC=O.CC.CC.CC(=O)CN1CCN(c2cccc(C)c2C)CC1.CC=N.CCCc1cnc(Nc2ccc(CN(CCC)CCC)cc2)nc1CC.Cc1cnc2c(c1C)NCCO2.O=CO. The Morgan fingerprint density at radius 1 is 0.893 bits per heavy atom. The molecule has 75 heavy (non-hydrogen) atoms. The molecule has 4 heterocycles. The number of allylic oxidation sites excluding steroid dienone is 1. The predicted molar refractivity (Wildman–Crippen MR) is 319 cm³/mol. The molecule has 4 N–H and O–H groups in total. The number of fused-ring (bicyclic) bond motifs is 1. The first-order valence-electron chi connectivity index (χ1n) is 27.5. The molecule has 6 rings (SSSR count). The fraction of sp³-hybridized carbons (Fsp3) is 0.557. The number of aryl methyl sites for hydroxylation is 4. The molecule has 1 atom stereocenters. The largest absolute Gasteiger partial charge is 0.483 e. The highest BCUT2D eigenvalue weighted by molar-refractivity contribution is 5.77. The number of hydrogen-bond acceptors (Lipinski definition) is 13. The topological polar surface area (TPSA) is 177 Å². The van der Waals surface area contributed by atoms with Crippen molar-refractivity contribution in [2.75, 3.05) is 74.5 Å². The highest BCUT2D eigenvalue weighted by Gasteiger charge is 2.19. The number of ether oxygens (including phenoxy) is 1. The second-order valence-electron chi connectivity index (χ2n) is 18.0. The number of Topliss-reactive ketones (excluding diaryl/α,β-unsaturated/α-hetero) is 1. The summed E-state index contributed by atoms with van der Waals surface area (Å²) in [4.78, 5) is 49.9. The van der Waals surface area contributed by atoms with Crippen molar-refractivity contribution in [2.24, 2.45) is 5.92 Å². The summed E-state index contributed by atoms with van der Waals surface area (Å²) < 4.78 is 5.39. The number of pyridine rings is 1. The van der Waals surface area contributed by atoms with Gasteiger partial charge in [0.15, 0.2) is 0 Å². The minimum atomic E-state index is -0.250. The Kier molecular flexibility index (Phi) is 42.0. The van der Waals surface area contributed by atoms with Gasteiger partial charge in [0.1, 0.15) is 24.4 Å². The van der Waals surface area contributed by atoms with Crippen LogP contribution in [0, 0.1) is 39.0 Å². The van der Waals surface area contributed by atoms with Gasteiger partial charge in [0.25, 0.3) is 6.47 Å². The number of anilines is 4. The Balaban J connectivity index is 0. The molecular formula is C61H101N9O5. The van der Waals surface area contributed by atoms with E-state index in [1.807, 2.05) is 47.0 Å². The van der Waals surface area contributed by atoms with E-state index in [-0.39, 0.29) is 12.3 Å². The Labute approximate surface area is 455 Å². The van der Waals surface area contributed by atoms with E-state index < -0.39 is 0 Å². The summed E-state index contributed by atoms with van der Waals surface area (Å²) in [7, 11) is 0. The number of hydrogen-bond donors (Lipinski definition) is 4. The predicted octanol–water partition coefficient (Wildman–Crippen LogP) is 13.5. The minimum Gasteiger partial charge on any atom is -0.483 e. The third-order valence-corrected chi connectivity index (χ3v) is 12.0. The zero-order chi connectivity index (χ0) is 57.1. The number of rotatable bonds is 18. The van der Waals surface area contributed by atoms with Gasteiger partial charge >= 0.3 is 0 Å². The number of aromatic nitrogens is 3. The van der Waals surface area contributed by atoms with E-state index in [9.17, 15) is 9.59 Å². The lowest BCUT2D eigenvalue weighted by Gasteiger charge is -2.36. The maximum Gasteiger partial charge on any atom is 0.290 e. The van der Waals surface area contributed by atoms with Crippen molar-refractivity contribution < 1.29 is 24.2 Å². The number of nitrogens with zero attached hydrogens (tertiary/aromatic N) is 6. The Bertz CT molecular complexity index is 2150. The van der Waals surface area contributed by atoms with Gasteiger partial charge < -0.3 is 35.6 Å². The molecule has 420 valence electrons. The first-order chi connectivity index (χ1) is 36.1. The number of carbonyl (C=O) groups is 3. The van der Waals surface area contributed by atoms with Gasteiger partial charge in [0.05, 0.1) is 6.54 Å². The molecule has 0 amide bonds. The fourth-order valence-corrected chi connectivity index (χ4v) is 7.69. The van der Waals surface area contributed by atoms with Crippen molar-refractivity contribution in [3.8, 4) is 5.88 Å². The van der Waals surface area contributed by atoms with Crippen molar-refractivity contribution in [3.63, 3.8) is 0 Å². The van der Waals surface area contributed by atoms with Crippen LogP contribution in [0.1, 0.15) is 154 Å². The van der Waals surface area contributed by atoms with Crippen LogP contribution >= 0.6 is 0 Å². The van der Waals surface area contributed by atoms with Gasteiger partial charge in [0, 0.05) is 75.2 Å². The lowest BCUT2D eigenvalue weighted by molar-refractivity contribution is -0.123. The van der Waals surface area contributed by atoms with Gasteiger partial charge in [0.2, 0.25) is 11.8 Å². The van der Waals surface area contributed by atoms with Gasteiger partial charge in [-0.3, -0.25) is 19.4 Å².